The van der Waals surface area contributed by atoms with Crippen molar-refractivity contribution < 1.29 is 41.7 Å². The quantitative estimate of drug-likeness (QED) is 0.240. The van der Waals surface area contributed by atoms with Gasteiger partial charge in [-0.25, -0.2) is 14.4 Å². The van der Waals surface area contributed by atoms with Crippen molar-refractivity contribution in [2.45, 2.75) is 38.0 Å². The highest BCUT2D eigenvalue weighted by atomic mass is 35.5. The second-order valence-electron chi connectivity index (χ2n) is 11.0. The number of alkyl halides is 3. The minimum atomic E-state index is -5.39. The molecule has 0 unspecified atom stereocenters. The lowest BCUT2D eigenvalue weighted by atomic mass is 9.81. The van der Waals surface area contributed by atoms with E-state index in [4.69, 9.17) is 26.8 Å². The molecule has 14 heteroatoms. The number of rotatable bonds is 7. The summed E-state index contributed by atoms with van der Waals surface area (Å²) < 4.78 is 69.2. The second kappa shape index (κ2) is 11.1. The minimum absolute atomic E-state index is 0.0455. The zero-order valence-corrected chi connectivity index (χ0v) is 25.2. The van der Waals surface area contributed by atoms with Crippen molar-refractivity contribution in [1.82, 2.24) is 15.3 Å². The van der Waals surface area contributed by atoms with Gasteiger partial charge in [0.05, 0.1) is 24.4 Å². The van der Waals surface area contributed by atoms with Gasteiger partial charge in [-0.15, -0.1) is 0 Å². The number of nitrogens with two attached hydrogens (primary N) is 1. The number of ether oxygens (including phenoxy) is 2. The second-order valence-corrected chi connectivity index (χ2v) is 11.4. The van der Waals surface area contributed by atoms with Gasteiger partial charge in [-0.2, -0.15) is 13.2 Å². The first-order valence-corrected chi connectivity index (χ1v) is 13.9. The van der Waals surface area contributed by atoms with Crippen LogP contribution in [0.3, 0.4) is 0 Å². The molecule has 9 nitrogen and oxygen atoms in total. The van der Waals surface area contributed by atoms with E-state index < -0.39 is 47.1 Å². The van der Waals surface area contributed by atoms with Gasteiger partial charge in [-0.3, -0.25) is 9.59 Å². The molecular formula is C31H27ClF4N4O5. The third kappa shape index (κ3) is 5.39. The van der Waals surface area contributed by atoms with Crippen molar-refractivity contribution in [3.63, 3.8) is 0 Å². The Morgan fingerprint density at radius 3 is 2.49 bits per heavy atom. The van der Waals surface area contributed by atoms with E-state index in [9.17, 15) is 32.3 Å². The summed E-state index contributed by atoms with van der Waals surface area (Å²) in [7, 11) is 1.37. The number of benzene rings is 2. The standard InChI is InChI=1S/C31H27ClF4N4O5/c1-14-7-17-8-18(10-22(44-4)24(17)39-15(14)2)27(41)38-12-30(43,31(34,35)36)23-11-19-26(45-13-29(19,3)28(37)42)25(40-23)16-5-6-21(33)20(32)9-16/h5-11,43H,12-13H2,1-4H3,(H2,37,42)(H,38,41)/t29-,30-/m0/s1. The van der Waals surface area contributed by atoms with Gasteiger partial charge in [0.2, 0.25) is 11.5 Å². The molecule has 4 N–H and O–H groups in total. The van der Waals surface area contributed by atoms with Gasteiger partial charge in [0.1, 0.15) is 40.5 Å². The average Bonchev–Trinajstić information content (AvgIpc) is 3.34. The zero-order chi connectivity index (χ0) is 33.1. The zero-order valence-electron chi connectivity index (χ0n) is 24.4. The maximum Gasteiger partial charge on any atom is 0.424 e. The topological polar surface area (TPSA) is 137 Å². The Balaban J connectivity index is 1.60. The molecular weight excluding hydrogens is 620 g/mol. The SMILES string of the molecule is COc1cc(C(=O)NC[C@](O)(c2cc3c(c(-c4ccc(F)c(Cl)c4)n2)OC[C@]3(C)C(N)=O)C(F)(F)F)cc2cc(C)c(C)nc12. The Hall–Kier alpha value is -4.49. The van der Waals surface area contributed by atoms with E-state index in [1.165, 1.54) is 32.2 Å². The van der Waals surface area contributed by atoms with E-state index in [0.29, 0.717) is 10.9 Å². The highest BCUT2D eigenvalue weighted by Gasteiger charge is 2.57. The first-order valence-electron chi connectivity index (χ1n) is 13.5. The average molecular weight is 647 g/mol. The third-order valence-corrected chi connectivity index (χ3v) is 8.31. The summed E-state index contributed by atoms with van der Waals surface area (Å²) in [5.74, 6) is -2.51. The molecule has 0 aliphatic carbocycles. The molecule has 0 radical (unpaired) electrons. The molecule has 2 aromatic carbocycles. The van der Waals surface area contributed by atoms with Crippen LogP contribution >= 0.6 is 11.6 Å². The van der Waals surface area contributed by atoms with E-state index in [-0.39, 0.29) is 45.5 Å². The summed E-state index contributed by atoms with van der Waals surface area (Å²) in [5, 5.41) is 13.6. The molecule has 5 rings (SSSR count). The number of nitrogens with one attached hydrogen (secondary N) is 1. The predicted molar refractivity (Wildman–Crippen MR) is 157 cm³/mol. The summed E-state index contributed by atoms with van der Waals surface area (Å²) in [6.45, 7) is 3.28. The Morgan fingerprint density at radius 1 is 1.16 bits per heavy atom. The van der Waals surface area contributed by atoms with Crippen LogP contribution in [0.15, 0.2) is 42.5 Å². The van der Waals surface area contributed by atoms with Crippen LogP contribution in [-0.2, 0) is 15.8 Å². The first-order chi connectivity index (χ1) is 21.0. The minimum Gasteiger partial charge on any atom is -0.494 e. The summed E-state index contributed by atoms with van der Waals surface area (Å²) >= 11 is 5.93. The van der Waals surface area contributed by atoms with E-state index in [1.807, 2.05) is 6.92 Å². The molecule has 2 amide bonds. The van der Waals surface area contributed by atoms with Crippen LogP contribution in [0.4, 0.5) is 17.6 Å². The maximum absolute atomic E-state index is 14.7. The molecule has 2 atom stereocenters. The summed E-state index contributed by atoms with van der Waals surface area (Å²) in [5.41, 5.74) is 0.940. The van der Waals surface area contributed by atoms with E-state index in [0.717, 1.165) is 29.5 Å². The molecule has 1 aliphatic rings. The van der Waals surface area contributed by atoms with E-state index >= 15 is 0 Å². The van der Waals surface area contributed by atoms with Crippen molar-refractivity contribution in [2.75, 3.05) is 20.3 Å². The number of fused-ring (bicyclic) bond motifs is 2. The highest BCUT2D eigenvalue weighted by Crippen LogP contribution is 2.48. The number of hydrogen-bond acceptors (Lipinski definition) is 7. The highest BCUT2D eigenvalue weighted by molar-refractivity contribution is 6.31. The van der Waals surface area contributed by atoms with Crippen molar-refractivity contribution in [3.05, 3.63) is 81.4 Å². The Morgan fingerprint density at radius 2 is 1.87 bits per heavy atom. The van der Waals surface area contributed by atoms with Gasteiger partial charge in [-0.05, 0) is 68.8 Å². The number of methoxy groups -OCH3 is 1. The molecule has 0 bridgehead atoms. The molecule has 3 heterocycles. The van der Waals surface area contributed by atoms with Gasteiger partial charge in [-0.1, -0.05) is 11.6 Å². The molecule has 1 aliphatic heterocycles. The number of carbonyl (C=O) groups is 2. The van der Waals surface area contributed by atoms with Crippen molar-refractivity contribution in [3.8, 4) is 22.8 Å². The molecule has 4 aromatic rings. The van der Waals surface area contributed by atoms with Crippen LogP contribution in [-0.4, -0.2) is 53.3 Å². The van der Waals surface area contributed by atoms with E-state index in [2.05, 4.69) is 15.3 Å². The predicted octanol–water partition coefficient (Wildman–Crippen LogP) is 5.03. The van der Waals surface area contributed by atoms with Crippen LogP contribution in [0, 0.1) is 19.7 Å². The summed E-state index contributed by atoms with van der Waals surface area (Å²) in [6.07, 6.45) is -5.39. The van der Waals surface area contributed by atoms with Crippen LogP contribution in [0.25, 0.3) is 22.2 Å². The maximum atomic E-state index is 14.7. The van der Waals surface area contributed by atoms with E-state index in [1.54, 1.807) is 13.0 Å². The molecule has 0 fully saturated rings. The van der Waals surface area contributed by atoms with Crippen LogP contribution in [0.1, 0.15) is 39.8 Å². The first kappa shape index (κ1) is 31.9. The molecule has 0 saturated heterocycles. The lowest BCUT2D eigenvalue weighted by molar-refractivity contribution is -0.265. The fourth-order valence-corrected chi connectivity index (χ4v) is 5.20. The van der Waals surface area contributed by atoms with Gasteiger partial charge in [0.15, 0.2) is 0 Å². The third-order valence-electron chi connectivity index (χ3n) is 8.02. The van der Waals surface area contributed by atoms with Crippen molar-refractivity contribution in [2.24, 2.45) is 5.73 Å². The lowest BCUT2D eigenvalue weighted by Gasteiger charge is -2.31. The Bertz CT molecular complexity index is 1890. The molecule has 0 saturated carbocycles. The van der Waals surface area contributed by atoms with Crippen LogP contribution in [0.2, 0.25) is 5.02 Å². The number of carbonyl (C=O) groups excluding carboxylic acids is 2. The number of aryl methyl sites for hydroxylation is 2. The van der Waals surface area contributed by atoms with Gasteiger partial charge in [0, 0.05) is 27.8 Å². The number of aromatic nitrogens is 2. The largest absolute Gasteiger partial charge is 0.494 e. The number of halogens is 5. The lowest BCUT2D eigenvalue weighted by Crippen LogP contribution is -2.51. The fraction of sp³-hybridized carbons (Fsp3) is 0.290. The monoisotopic (exact) mass is 646 g/mol. The smallest absolute Gasteiger partial charge is 0.424 e. The molecule has 0 spiro atoms. The van der Waals surface area contributed by atoms with Crippen LogP contribution < -0.4 is 20.5 Å². The number of amides is 2. The van der Waals surface area contributed by atoms with Crippen LogP contribution in [0.5, 0.6) is 11.5 Å². The normalized spacial score (nSPS) is 17.4. The number of hydrogen-bond donors (Lipinski definition) is 3. The number of primary amides is 1. The Kier molecular flexibility index (Phi) is 7.91. The van der Waals surface area contributed by atoms with Gasteiger partial charge in [0.25, 0.3) is 5.91 Å². The Labute approximate surface area is 259 Å². The fourth-order valence-electron chi connectivity index (χ4n) is 5.02. The van der Waals surface area contributed by atoms with Gasteiger partial charge >= 0.3 is 6.18 Å². The number of aliphatic hydroxyl groups is 1. The summed E-state index contributed by atoms with van der Waals surface area (Å²) in [4.78, 5) is 34.2. The molecule has 2 aromatic heterocycles. The van der Waals surface area contributed by atoms with Crippen molar-refractivity contribution >= 4 is 34.3 Å². The summed E-state index contributed by atoms with van der Waals surface area (Å²) in [6, 6.07) is 8.70. The molecule has 236 valence electrons. The van der Waals surface area contributed by atoms with Crippen molar-refractivity contribution in [1.29, 1.82) is 0 Å². The number of pyridine rings is 2. The molecule has 45 heavy (non-hydrogen) atoms. The number of nitrogens with zero attached hydrogens (tertiary/aromatic N) is 2. The van der Waals surface area contributed by atoms with Gasteiger partial charge < -0.3 is 25.6 Å².